The van der Waals surface area contributed by atoms with Gasteiger partial charge in [0.1, 0.15) is 12.8 Å². The molecule has 2 N–H and O–H groups in total. The van der Waals surface area contributed by atoms with Crippen LogP contribution in [0.1, 0.15) is 24.0 Å². The Labute approximate surface area is 94.8 Å². The van der Waals surface area contributed by atoms with E-state index in [0.717, 1.165) is 24.0 Å². The maximum Gasteiger partial charge on any atom is 0.216 e. The third kappa shape index (κ3) is 2.70. The second-order valence-corrected chi connectivity index (χ2v) is 4.33. The van der Waals surface area contributed by atoms with E-state index >= 15 is 0 Å². The molecule has 0 amide bonds. The zero-order valence-electron chi connectivity index (χ0n) is 9.45. The SMILES string of the molecule is Cc1cc(CN)cnc1OCC(F)C1CC1. The fraction of sp³-hybridized carbons (Fsp3) is 0.583. The maximum absolute atomic E-state index is 13.4. The van der Waals surface area contributed by atoms with Crippen LogP contribution < -0.4 is 10.5 Å². The van der Waals surface area contributed by atoms with Crippen LogP contribution in [0.5, 0.6) is 5.88 Å². The smallest absolute Gasteiger partial charge is 0.216 e. The molecule has 0 spiro atoms. The van der Waals surface area contributed by atoms with Gasteiger partial charge in [0.25, 0.3) is 0 Å². The van der Waals surface area contributed by atoms with Crippen LogP contribution >= 0.6 is 0 Å². The van der Waals surface area contributed by atoms with Gasteiger partial charge < -0.3 is 10.5 Å². The monoisotopic (exact) mass is 224 g/mol. The lowest BCUT2D eigenvalue weighted by Crippen LogP contribution is -2.16. The molecule has 1 saturated carbocycles. The molecule has 0 saturated heterocycles. The Balaban J connectivity index is 1.92. The normalized spacial score (nSPS) is 17.2. The first-order chi connectivity index (χ1) is 7.70. The highest BCUT2D eigenvalue weighted by Gasteiger charge is 2.31. The standard InChI is InChI=1S/C12H17FN2O/c1-8-4-9(5-14)6-15-12(8)16-7-11(13)10-2-3-10/h4,6,10-11H,2-3,5,7,14H2,1H3. The number of hydrogen-bond donors (Lipinski definition) is 1. The van der Waals surface area contributed by atoms with Gasteiger partial charge in [-0.25, -0.2) is 9.37 Å². The van der Waals surface area contributed by atoms with Crippen molar-refractivity contribution < 1.29 is 9.13 Å². The van der Waals surface area contributed by atoms with E-state index in [4.69, 9.17) is 10.5 Å². The summed E-state index contributed by atoms with van der Waals surface area (Å²) in [7, 11) is 0. The molecule has 2 rings (SSSR count). The summed E-state index contributed by atoms with van der Waals surface area (Å²) in [6, 6.07) is 1.92. The van der Waals surface area contributed by atoms with Crippen molar-refractivity contribution in [3.05, 3.63) is 23.4 Å². The van der Waals surface area contributed by atoms with Crippen molar-refractivity contribution in [2.45, 2.75) is 32.5 Å². The number of halogens is 1. The number of alkyl halides is 1. The Hall–Kier alpha value is -1.16. The first-order valence-electron chi connectivity index (χ1n) is 5.63. The molecule has 0 aromatic carbocycles. The Morgan fingerprint density at radius 3 is 2.94 bits per heavy atom. The van der Waals surface area contributed by atoms with Crippen LogP contribution in [0.15, 0.2) is 12.3 Å². The summed E-state index contributed by atoms with van der Waals surface area (Å²) in [6.07, 6.45) is 2.80. The molecule has 1 atom stereocenters. The summed E-state index contributed by atoms with van der Waals surface area (Å²) < 4.78 is 18.8. The molecular weight excluding hydrogens is 207 g/mol. The van der Waals surface area contributed by atoms with Gasteiger partial charge in [-0.15, -0.1) is 0 Å². The van der Waals surface area contributed by atoms with Crippen molar-refractivity contribution in [2.24, 2.45) is 11.7 Å². The van der Waals surface area contributed by atoms with Crippen LogP contribution in [0.4, 0.5) is 4.39 Å². The Morgan fingerprint density at radius 2 is 2.38 bits per heavy atom. The number of ether oxygens (including phenoxy) is 1. The summed E-state index contributed by atoms with van der Waals surface area (Å²) >= 11 is 0. The van der Waals surface area contributed by atoms with Gasteiger partial charge >= 0.3 is 0 Å². The second kappa shape index (κ2) is 4.78. The highest BCUT2D eigenvalue weighted by atomic mass is 19.1. The van der Waals surface area contributed by atoms with Gasteiger partial charge in [0.15, 0.2) is 0 Å². The number of rotatable bonds is 5. The van der Waals surface area contributed by atoms with Crippen molar-refractivity contribution in [3.63, 3.8) is 0 Å². The van der Waals surface area contributed by atoms with Crippen LogP contribution in [0.25, 0.3) is 0 Å². The quantitative estimate of drug-likeness (QED) is 0.831. The molecule has 3 nitrogen and oxygen atoms in total. The number of nitrogens with two attached hydrogens (primary N) is 1. The Bertz CT molecular complexity index is 366. The average molecular weight is 224 g/mol. The Morgan fingerprint density at radius 1 is 1.62 bits per heavy atom. The maximum atomic E-state index is 13.4. The van der Waals surface area contributed by atoms with Gasteiger partial charge in [-0.1, -0.05) is 0 Å². The van der Waals surface area contributed by atoms with Gasteiger partial charge in [0.05, 0.1) is 0 Å². The van der Waals surface area contributed by atoms with Crippen molar-refractivity contribution in [1.82, 2.24) is 4.98 Å². The van der Waals surface area contributed by atoms with E-state index in [1.807, 2.05) is 13.0 Å². The van der Waals surface area contributed by atoms with E-state index in [9.17, 15) is 4.39 Å². The number of aromatic nitrogens is 1. The predicted molar refractivity (Wildman–Crippen MR) is 60.0 cm³/mol. The predicted octanol–water partition coefficient (Wildman–Crippen LogP) is 1.98. The van der Waals surface area contributed by atoms with Crippen LogP contribution in [-0.4, -0.2) is 17.8 Å². The molecule has 1 fully saturated rings. The molecule has 1 unspecified atom stereocenters. The van der Waals surface area contributed by atoms with Gasteiger partial charge in [0.2, 0.25) is 5.88 Å². The topological polar surface area (TPSA) is 48.1 Å². The summed E-state index contributed by atoms with van der Waals surface area (Å²) in [6.45, 7) is 2.47. The highest BCUT2D eigenvalue weighted by molar-refractivity contribution is 5.28. The summed E-state index contributed by atoms with van der Waals surface area (Å²) in [5.74, 6) is 0.726. The van der Waals surface area contributed by atoms with E-state index in [0.29, 0.717) is 12.4 Å². The number of pyridine rings is 1. The van der Waals surface area contributed by atoms with E-state index < -0.39 is 6.17 Å². The van der Waals surface area contributed by atoms with Gasteiger partial charge in [-0.05, 0) is 37.3 Å². The lowest BCUT2D eigenvalue weighted by molar-refractivity contribution is 0.171. The molecule has 1 aliphatic rings. The summed E-state index contributed by atoms with van der Waals surface area (Å²) in [5, 5.41) is 0. The summed E-state index contributed by atoms with van der Waals surface area (Å²) in [4.78, 5) is 4.13. The molecule has 1 heterocycles. The van der Waals surface area contributed by atoms with Gasteiger partial charge in [0, 0.05) is 18.3 Å². The first-order valence-corrected chi connectivity index (χ1v) is 5.63. The minimum absolute atomic E-state index is 0.112. The van der Waals surface area contributed by atoms with Gasteiger partial charge in [-0.2, -0.15) is 0 Å². The minimum Gasteiger partial charge on any atom is -0.474 e. The third-order valence-corrected chi connectivity index (χ3v) is 2.84. The number of nitrogens with zero attached hydrogens (tertiary/aromatic N) is 1. The van der Waals surface area contributed by atoms with E-state index in [1.165, 1.54) is 0 Å². The molecule has 0 bridgehead atoms. The average Bonchev–Trinajstić information content (AvgIpc) is 3.10. The van der Waals surface area contributed by atoms with Crippen molar-refractivity contribution >= 4 is 0 Å². The minimum atomic E-state index is -0.851. The largest absolute Gasteiger partial charge is 0.474 e. The van der Waals surface area contributed by atoms with Crippen LogP contribution in [0.3, 0.4) is 0 Å². The van der Waals surface area contributed by atoms with Crippen molar-refractivity contribution in [2.75, 3.05) is 6.61 Å². The molecule has 0 aliphatic heterocycles. The van der Waals surface area contributed by atoms with E-state index in [2.05, 4.69) is 4.98 Å². The van der Waals surface area contributed by atoms with Crippen LogP contribution in [-0.2, 0) is 6.54 Å². The molecule has 16 heavy (non-hydrogen) atoms. The molecule has 0 radical (unpaired) electrons. The molecule has 1 aromatic heterocycles. The van der Waals surface area contributed by atoms with Gasteiger partial charge in [-0.3, -0.25) is 0 Å². The van der Waals surface area contributed by atoms with E-state index in [1.54, 1.807) is 6.20 Å². The fourth-order valence-corrected chi connectivity index (χ4v) is 1.64. The molecule has 88 valence electrons. The molecule has 1 aromatic rings. The summed E-state index contributed by atoms with van der Waals surface area (Å²) in [5.41, 5.74) is 7.37. The lowest BCUT2D eigenvalue weighted by Gasteiger charge is -2.11. The third-order valence-electron chi connectivity index (χ3n) is 2.84. The number of hydrogen-bond acceptors (Lipinski definition) is 3. The van der Waals surface area contributed by atoms with Crippen molar-refractivity contribution in [3.8, 4) is 5.88 Å². The molecule has 4 heteroatoms. The van der Waals surface area contributed by atoms with Crippen LogP contribution in [0.2, 0.25) is 0 Å². The molecular formula is C12H17FN2O. The fourth-order valence-electron chi connectivity index (χ4n) is 1.64. The first kappa shape index (κ1) is 11.3. The number of aryl methyl sites for hydroxylation is 1. The zero-order valence-corrected chi connectivity index (χ0v) is 9.45. The van der Waals surface area contributed by atoms with Crippen LogP contribution in [0, 0.1) is 12.8 Å². The zero-order chi connectivity index (χ0) is 11.5. The molecule has 1 aliphatic carbocycles. The van der Waals surface area contributed by atoms with E-state index in [-0.39, 0.29) is 12.5 Å². The highest BCUT2D eigenvalue weighted by Crippen LogP contribution is 2.34. The van der Waals surface area contributed by atoms with Crippen molar-refractivity contribution in [1.29, 1.82) is 0 Å². The lowest BCUT2D eigenvalue weighted by atomic mass is 10.2. The Kier molecular flexibility index (Phi) is 3.39. The second-order valence-electron chi connectivity index (χ2n) is 4.33.